The molecule has 0 fully saturated rings. The summed E-state index contributed by atoms with van der Waals surface area (Å²) in [6, 6.07) is 4.88. The van der Waals surface area contributed by atoms with Crippen molar-refractivity contribution in [2.45, 2.75) is 31.8 Å². The summed E-state index contributed by atoms with van der Waals surface area (Å²) < 4.78 is 12.1. The van der Waals surface area contributed by atoms with Gasteiger partial charge in [-0.25, -0.2) is 0 Å². The fourth-order valence-electron chi connectivity index (χ4n) is 1.47. The minimum Gasteiger partial charge on any atom is -0.398 e. The molecule has 0 saturated heterocycles. The third-order valence-electron chi connectivity index (χ3n) is 3.08. The summed E-state index contributed by atoms with van der Waals surface area (Å²) in [7, 11) is -0.970. The maximum Gasteiger partial charge on any atom is 0.248 e. The number of benzene rings is 1. The van der Waals surface area contributed by atoms with Gasteiger partial charge in [-0.05, 0) is 23.6 Å². The summed E-state index contributed by atoms with van der Waals surface area (Å²) in [6.45, 7) is 6.05. The lowest BCUT2D eigenvalue weighted by atomic mass is 10.1. The van der Waals surface area contributed by atoms with E-state index in [1.807, 2.05) is 20.8 Å². The number of rotatable bonds is 5. The third-order valence-corrected chi connectivity index (χ3v) is 5.05. The predicted molar refractivity (Wildman–Crippen MR) is 75.5 cm³/mol. The summed E-state index contributed by atoms with van der Waals surface area (Å²) in [5, 5.41) is 0.111. The van der Waals surface area contributed by atoms with Crippen LogP contribution in [0.15, 0.2) is 18.2 Å². The van der Waals surface area contributed by atoms with Gasteiger partial charge in [-0.1, -0.05) is 26.8 Å². The van der Waals surface area contributed by atoms with Crippen molar-refractivity contribution >= 4 is 22.4 Å². The lowest BCUT2D eigenvalue weighted by molar-refractivity contribution is 0.100. The van der Waals surface area contributed by atoms with Crippen LogP contribution in [-0.2, 0) is 16.6 Å². The molecule has 1 aromatic carbocycles. The van der Waals surface area contributed by atoms with E-state index in [0.717, 1.165) is 5.56 Å². The van der Waals surface area contributed by atoms with Gasteiger partial charge in [0.15, 0.2) is 0 Å². The molecule has 100 valence electrons. The van der Waals surface area contributed by atoms with Gasteiger partial charge in [0.05, 0.1) is 5.75 Å². The Kier molecular flexibility index (Phi) is 4.90. The van der Waals surface area contributed by atoms with E-state index < -0.39 is 16.7 Å². The number of carbonyl (C=O) groups is 1. The van der Waals surface area contributed by atoms with E-state index in [4.69, 9.17) is 11.5 Å². The number of hydrogen-bond acceptors (Lipinski definition) is 3. The average molecular weight is 268 g/mol. The predicted octanol–water partition coefficient (Wildman–Crippen LogP) is 1.66. The Morgan fingerprint density at radius 1 is 1.33 bits per heavy atom. The minimum absolute atomic E-state index is 0.111. The van der Waals surface area contributed by atoms with Crippen LogP contribution in [0.25, 0.3) is 0 Å². The van der Waals surface area contributed by atoms with Crippen molar-refractivity contribution in [2.75, 3.05) is 5.73 Å². The summed E-state index contributed by atoms with van der Waals surface area (Å²) in [4.78, 5) is 11.0. The van der Waals surface area contributed by atoms with Crippen LogP contribution in [0.1, 0.15) is 36.7 Å². The van der Waals surface area contributed by atoms with E-state index in [9.17, 15) is 9.00 Å². The molecule has 1 aromatic rings. The second-order valence-electron chi connectivity index (χ2n) is 4.75. The Morgan fingerprint density at radius 3 is 2.39 bits per heavy atom. The molecule has 1 rings (SSSR count). The Balaban J connectivity index is 2.86. The van der Waals surface area contributed by atoms with Gasteiger partial charge in [0.25, 0.3) is 0 Å². The smallest absolute Gasteiger partial charge is 0.248 e. The van der Waals surface area contributed by atoms with E-state index in [1.165, 1.54) is 6.07 Å². The first-order valence-corrected chi connectivity index (χ1v) is 7.26. The van der Waals surface area contributed by atoms with Gasteiger partial charge < -0.3 is 11.5 Å². The Morgan fingerprint density at radius 2 is 1.94 bits per heavy atom. The number of hydrogen-bond donors (Lipinski definition) is 2. The SMILES string of the molecule is CC(C)C(C)S(=O)Cc1ccc(C(N)=O)cc1N. The quantitative estimate of drug-likeness (QED) is 0.796. The van der Waals surface area contributed by atoms with Crippen LogP contribution in [0.4, 0.5) is 5.69 Å². The van der Waals surface area contributed by atoms with E-state index >= 15 is 0 Å². The first kappa shape index (κ1) is 14.7. The highest BCUT2D eigenvalue weighted by Crippen LogP contribution is 2.19. The first-order chi connectivity index (χ1) is 8.32. The number of anilines is 1. The third kappa shape index (κ3) is 3.57. The lowest BCUT2D eigenvalue weighted by Crippen LogP contribution is -2.19. The molecule has 5 heteroatoms. The van der Waals surface area contributed by atoms with Crippen molar-refractivity contribution in [1.29, 1.82) is 0 Å². The maximum absolute atomic E-state index is 12.1. The number of primary amides is 1. The van der Waals surface area contributed by atoms with Gasteiger partial charge in [-0.2, -0.15) is 0 Å². The topological polar surface area (TPSA) is 86.2 Å². The van der Waals surface area contributed by atoms with Crippen LogP contribution >= 0.6 is 0 Å². The van der Waals surface area contributed by atoms with Crippen LogP contribution in [0.2, 0.25) is 0 Å². The fraction of sp³-hybridized carbons (Fsp3) is 0.462. The highest BCUT2D eigenvalue weighted by atomic mass is 32.2. The van der Waals surface area contributed by atoms with E-state index in [0.29, 0.717) is 22.9 Å². The molecule has 0 bridgehead atoms. The van der Waals surface area contributed by atoms with E-state index in [1.54, 1.807) is 12.1 Å². The number of nitrogen functional groups attached to an aromatic ring is 1. The monoisotopic (exact) mass is 268 g/mol. The van der Waals surface area contributed by atoms with Gasteiger partial charge in [0.1, 0.15) is 0 Å². The molecule has 0 spiro atoms. The van der Waals surface area contributed by atoms with Crippen LogP contribution < -0.4 is 11.5 Å². The second kappa shape index (κ2) is 6.00. The standard InChI is InChI=1S/C13H20N2O2S/c1-8(2)9(3)18(17)7-11-5-4-10(13(15)16)6-12(11)14/h4-6,8-9H,7,14H2,1-3H3,(H2,15,16). The Bertz CT molecular complexity index is 472. The fourth-order valence-corrected chi connectivity index (χ4v) is 2.91. The minimum atomic E-state index is -0.970. The zero-order valence-corrected chi connectivity index (χ0v) is 11.8. The first-order valence-electron chi connectivity index (χ1n) is 5.88. The number of amides is 1. The molecule has 4 N–H and O–H groups in total. The second-order valence-corrected chi connectivity index (χ2v) is 6.55. The van der Waals surface area contributed by atoms with E-state index in [-0.39, 0.29) is 5.25 Å². The summed E-state index contributed by atoms with van der Waals surface area (Å²) in [5.74, 6) is 0.256. The zero-order chi connectivity index (χ0) is 13.9. The molecule has 0 aromatic heterocycles. The molecule has 0 aliphatic heterocycles. The van der Waals surface area contributed by atoms with Crippen molar-refractivity contribution in [2.24, 2.45) is 11.7 Å². The van der Waals surface area contributed by atoms with Gasteiger partial charge in [0.2, 0.25) is 5.91 Å². The molecule has 4 nitrogen and oxygen atoms in total. The largest absolute Gasteiger partial charge is 0.398 e. The molecule has 1 amide bonds. The van der Waals surface area contributed by atoms with Crippen molar-refractivity contribution < 1.29 is 9.00 Å². The van der Waals surface area contributed by atoms with Crippen molar-refractivity contribution in [3.8, 4) is 0 Å². The number of nitrogens with two attached hydrogens (primary N) is 2. The van der Waals surface area contributed by atoms with Gasteiger partial charge in [0, 0.05) is 27.3 Å². The molecular formula is C13H20N2O2S. The summed E-state index contributed by atoms with van der Waals surface area (Å²) >= 11 is 0. The van der Waals surface area contributed by atoms with Gasteiger partial charge in [-0.3, -0.25) is 9.00 Å². The highest BCUT2D eigenvalue weighted by Gasteiger charge is 2.16. The molecule has 0 aliphatic rings. The van der Waals surface area contributed by atoms with E-state index in [2.05, 4.69) is 0 Å². The van der Waals surface area contributed by atoms with Crippen LogP contribution in [-0.4, -0.2) is 15.4 Å². The van der Waals surface area contributed by atoms with Crippen molar-refractivity contribution in [3.05, 3.63) is 29.3 Å². The van der Waals surface area contributed by atoms with Crippen LogP contribution in [0, 0.1) is 5.92 Å². The molecule has 0 aliphatic carbocycles. The Labute approximate surface area is 110 Å². The highest BCUT2D eigenvalue weighted by molar-refractivity contribution is 7.84. The molecule has 0 radical (unpaired) electrons. The van der Waals surface area contributed by atoms with Gasteiger partial charge in [-0.15, -0.1) is 0 Å². The number of carbonyl (C=O) groups excluding carboxylic acids is 1. The van der Waals surface area contributed by atoms with Crippen molar-refractivity contribution in [3.63, 3.8) is 0 Å². The molecule has 18 heavy (non-hydrogen) atoms. The van der Waals surface area contributed by atoms with Crippen molar-refractivity contribution in [1.82, 2.24) is 0 Å². The maximum atomic E-state index is 12.1. The van der Waals surface area contributed by atoms with Gasteiger partial charge >= 0.3 is 0 Å². The molecule has 2 unspecified atom stereocenters. The molecule has 0 heterocycles. The van der Waals surface area contributed by atoms with Crippen LogP contribution in [0.5, 0.6) is 0 Å². The lowest BCUT2D eigenvalue weighted by Gasteiger charge is -2.16. The zero-order valence-electron chi connectivity index (χ0n) is 11.0. The Hall–Kier alpha value is -1.36. The summed E-state index contributed by atoms with van der Waals surface area (Å²) in [5.41, 5.74) is 12.6. The molecule has 0 saturated carbocycles. The normalized spacial score (nSPS) is 14.4. The summed E-state index contributed by atoms with van der Waals surface area (Å²) in [6.07, 6.45) is 0. The molecular weight excluding hydrogens is 248 g/mol. The van der Waals surface area contributed by atoms with Crippen LogP contribution in [0.3, 0.4) is 0 Å². The average Bonchev–Trinajstić information content (AvgIpc) is 2.30. The molecule has 2 atom stereocenters.